The third-order valence-corrected chi connectivity index (χ3v) is 2.32. The lowest BCUT2D eigenvalue weighted by Crippen LogP contribution is -2.16. The Kier molecular flexibility index (Phi) is 3.12. The molecular formula is C8H13BrN2. The fourth-order valence-corrected chi connectivity index (χ4v) is 1.72. The Morgan fingerprint density at radius 1 is 1.55 bits per heavy atom. The van der Waals surface area contributed by atoms with Crippen LogP contribution in [0.2, 0.25) is 0 Å². The Bertz CT molecular complexity index is 202. The van der Waals surface area contributed by atoms with Crippen LogP contribution in [0.15, 0.2) is 15.3 Å². The molecule has 0 saturated carbocycles. The minimum Gasteiger partial charge on any atom is -0.386 e. The van der Waals surface area contributed by atoms with Gasteiger partial charge in [0.1, 0.15) is 4.61 Å². The van der Waals surface area contributed by atoms with E-state index in [1.54, 1.807) is 0 Å². The van der Waals surface area contributed by atoms with Gasteiger partial charge in [-0.25, -0.2) is 4.99 Å². The molecular weight excluding hydrogens is 204 g/mol. The summed E-state index contributed by atoms with van der Waals surface area (Å²) in [5.41, 5.74) is 2.44. The molecule has 0 bridgehead atoms. The Balaban J connectivity index is 2.69. The van der Waals surface area contributed by atoms with Gasteiger partial charge in [-0.2, -0.15) is 0 Å². The number of aliphatic imine (C=N–C) groups is 1. The van der Waals surface area contributed by atoms with Crippen LogP contribution in [0.25, 0.3) is 0 Å². The van der Waals surface area contributed by atoms with Crippen LogP contribution in [-0.2, 0) is 0 Å². The van der Waals surface area contributed by atoms with E-state index in [0.29, 0.717) is 0 Å². The fraction of sp³-hybridized carbons (Fsp3) is 0.625. The summed E-state index contributed by atoms with van der Waals surface area (Å²) in [5.74, 6) is 0. The minimum atomic E-state index is 0.971. The van der Waals surface area contributed by atoms with Gasteiger partial charge in [0.25, 0.3) is 0 Å². The number of hydrogen-bond acceptors (Lipinski definition) is 2. The Hall–Kier alpha value is -0.310. The standard InChI is InChI=1S/C8H13BrN2/c1-3-10-7-5-4-6(2)11-8(7)9/h10H,3-5H2,1-2H3. The zero-order valence-electron chi connectivity index (χ0n) is 6.95. The van der Waals surface area contributed by atoms with Crippen LogP contribution in [0.1, 0.15) is 26.7 Å². The van der Waals surface area contributed by atoms with E-state index in [1.165, 1.54) is 11.4 Å². The van der Waals surface area contributed by atoms with E-state index >= 15 is 0 Å². The van der Waals surface area contributed by atoms with E-state index in [9.17, 15) is 0 Å². The molecule has 0 unspecified atom stereocenters. The highest BCUT2D eigenvalue weighted by Crippen LogP contribution is 2.21. The summed E-state index contributed by atoms with van der Waals surface area (Å²) in [6, 6.07) is 0. The fourth-order valence-electron chi connectivity index (χ4n) is 1.07. The first-order chi connectivity index (χ1) is 5.24. The molecule has 3 heteroatoms. The second-order valence-electron chi connectivity index (χ2n) is 2.65. The topological polar surface area (TPSA) is 24.4 Å². The zero-order valence-corrected chi connectivity index (χ0v) is 8.53. The molecule has 0 aromatic carbocycles. The van der Waals surface area contributed by atoms with Crippen molar-refractivity contribution in [2.24, 2.45) is 4.99 Å². The molecule has 0 atom stereocenters. The summed E-state index contributed by atoms with van der Waals surface area (Å²) in [6.07, 6.45) is 2.17. The molecule has 11 heavy (non-hydrogen) atoms. The molecule has 1 N–H and O–H groups in total. The van der Waals surface area contributed by atoms with Crippen molar-refractivity contribution in [3.05, 3.63) is 10.3 Å². The van der Waals surface area contributed by atoms with Crippen molar-refractivity contribution in [3.63, 3.8) is 0 Å². The maximum atomic E-state index is 4.33. The smallest absolute Gasteiger partial charge is 0.124 e. The summed E-state index contributed by atoms with van der Waals surface area (Å²) in [7, 11) is 0. The number of rotatable bonds is 2. The summed E-state index contributed by atoms with van der Waals surface area (Å²) < 4.78 is 0.975. The number of nitrogens with zero attached hydrogens (tertiary/aromatic N) is 1. The Morgan fingerprint density at radius 3 is 2.82 bits per heavy atom. The van der Waals surface area contributed by atoms with Crippen LogP contribution in [-0.4, -0.2) is 12.3 Å². The molecule has 0 fully saturated rings. The number of nitrogens with one attached hydrogen (secondary N) is 1. The van der Waals surface area contributed by atoms with Crippen LogP contribution in [0, 0.1) is 0 Å². The van der Waals surface area contributed by atoms with Gasteiger partial charge in [0, 0.05) is 18.0 Å². The molecule has 1 aliphatic rings. The molecule has 62 valence electrons. The largest absolute Gasteiger partial charge is 0.386 e. The zero-order chi connectivity index (χ0) is 8.27. The average Bonchev–Trinajstić information content (AvgIpc) is 1.95. The summed E-state index contributed by atoms with van der Waals surface area (Å²) in [6.45, 7) is 5.13. The molecule has 0 spiro atoms. The molecule has 0 saturated heterocycles. The lowest BCUT2D eigenvalue weighted by atomic mass is 10.1. The van der Waals surface area contributed by atoms with Crippen LogP contribution >= 0.6 is 15.9 Å². The van der Waals surface area contributed by atoms with Crippen molar-refractivity contribution in [3.8, 4) is 0 Å². The van der Waals surface area contributed by atoms with Gasteiger partial charge in [-0.05, 0) is 42.6 Å². The van der Waals surface area contributed by atoms with Crippen LogP contribution in [0.4, 0.5) is 0 Å². The molecule has 1 rings (SSSR count). The van der Waals surface area contributed by atoms with Gasteiger partial charge in [-0.3, -0.25) is 0 Å². The van der Waals surface area contributed by atoms with Crippen molar-refractivity contribution < 1.29 is 0 Å². The van der Waals surface area contributed by atoms with Gasteiger partial charge in [-0.1, -0.05) is 0 Å². The number of allylic oxidation sites excluding steroid dienone is 1. The van der Waals surface area contributed by atoms with Gasteiger partial charge < -0.3 is 5.32 Å². The third-order valence-electron chi connectivity index (χ3n) is 1.67. The average molecular weight is 217 g/mol. The Labute approximate surface area is 75.9 Å². The van der Waals surface area contributed by atoms with Gasteiger partial charge in [-0.15, -0.1) is 0 Å². The first kappa shape index (κ1) is 8.78. The van der Waals surface area contributed by atoms with Crippen molar-refractivity contribution in [2.75, 3.05) is 6.54 Å². The summed E-state index contributed by atoms with van der Waals surface area (Å²) in [5, 5.41) is 3.28. The highest BCUT2D eigenvalue weighted by Gasteiger charge is 2.08. The third kappa shape index (κ3) is 2.33. The van der Waals surface area contributed by atoms with Gasteiger partial charge in [0.2, 0.25) is 0 Å². The molecule has 0 radical (unpaired) electrons. The SMILES string of the molecule is CCNC1=C(Br)N=C(C)CC1. The summed E-state index contributed by atoms with van der Waals surface area (Å²) >= 11 is 3.43. The van der Waals surface area contributed by atoms with E-state index < -0.39 is 0 Å². The Morgan fingerprint density at radius 2 is 2.27 bits per heavy atom. The van der Waals surface area contributed by atoms with Crippen LogP contribution in [0.3, 0.4) is 0 Å². The maximum Gasteiger partial charge on any atom is 0.124 e. The van der Waals surface area contributed by atoms with Crippen molar-refractivity contribution in [1.29, 1.82) is 0 Å². The monoisotopic (exact) mass is 216 g/mol. The lowest BCUT2D eigenvalue weighted by Gasteiger charge is -2.14. The van der Waals surface area contributed by atoms with E-state index in [1.807, 2.05) is 0 Å². The van der Waals surface area contributed by atoms with Crippen molar-refractivity contribution in [2.45, 2.75) is 26.7 Å². The number of hydrogen-bond donors (Lipinski definition) is 1. The first-order valence-electron chi connectivity index (χ1n) is 3.90. The van der Waals surface area contributed by atoms with E-state index in [2.05, 4.69) is 40.1 Å². The molecule has 0 aromatic rings. The van der Waals surface area contributed by atoms with Gasteiger partial charge in [0.15, 0.2) is 0 Å². The normalized spacial score (nSPS) is 18.3. The molecule has 2 nitrogen and oxygen atoms in total. The van der Waals surface area contributed by atoms with Crippen molar-refractivity contribution >= 4 is 21.6 Å². The lowest BCUT2D eigenvalue weighted by molar-refractivity contribution is 0.772. The van der Waals surface area contributed by atoms with E-state index in [4.69, 9.17) is 0 Å². The first-order valence-corrected chi connectivity index (χ1v) is 4.70. The predicted octanol–water partition coefficient (Wildman–Crippen LogP) is 2.41. The highest BCUT2D eigenvalue weighted by atomic mass is 79.9. The van der Waals surface area contributed by atoms with Crippen molar-refractivity contribution in [1.82, 2.24) is 5.32 Å². The second-order valence-corrected chi connectivity index (χ2v) is 3.40. The molecule has 0 aliphatic carbocycles. The molecule has 1 heterocycles. The minimum absolute atomic E-state index is 0.971. The van der Waals surface area contributed by atoms with Crippen LogP contribution in [0.5, 0.6) is 0 Å². The van der Waals surface area contributed by atoms with E-state index in [-0.39, 0.29) is 0 Å². The van der Waals surface area contributed by atoms with Gasteiger partial charge in [0.05, 0.1) is 0 Å². The molecule has 1 aliphatic heterocycles. The molecule has 0 amide bonds. The molecule has 0 aromatic heterocycles. The highest BCUT2D eigenvalue weighted by molar-refractivity contribution is 9.11. The van der Waals surface area contributed by atoms with Gasteiger partial charge >= 0.3 is 0 Å². The van der Waals surface area contributed by atoms with Crippen LogP contribution < -0.4 is 5.32 Å². The predicted molar refractivity (Wildman–Crippen MR) is 52.0 cm³/mol. The quantitative estimate of drug-likeness (QED) is 0.705. The maximum absolute atomic E-state index is 4.33. The summed E-state index contributed by atoms with van der Waals surface area (Å²) in [4.78, 5) is 4.33. The number of halogens is 1. The second kappa shape index (κ2) is 3.90. The van der Waals surface area contributed by atoms with E-state index in [0.717, 1.165) is 24.0 Å².